The molecular formula is C21H33N9O6. The van der Waals surface area contributed by atoms with Gasteiger partial charge in [-0.15, -0.1) is 0 Å². The highest BCUT2D eigenvalue weighted by Gasteiger charge is 2.17. The monoisotopic (exact) mass is 507 g/mol. The molecule has 0 saturated heterocycles. The summed E-state index contributed by atoms with van der Waals surface area (Å²) in [6.07, 6.45) is 1.55. The first kappa shape index (κ1) is 29.9. The van der Waals surface area contributed by atoms with E-state index in [4.69, 9.17) is 0 Å². The third-order valence-electron chi connectivity index (χ3n) is 4.96. The fraction of sp³-hybridized carbons (Fsp3) is 0.571. The molecule has 15 heteroatoms. The summed E-state index contributed by atoms with van der Waals surface area (Å²) in [7, 11) is 0. The SMILES string of the molecule is CCC(C)=NC(=O)NCn1c(=O)n(CNC(=O)N=C(C)CC)c(=O)n(CNC(=O)N=C(C)CC)c1=O. The molecule has 1 aromatic heterocycles. The van der Waals surface area contributed by atoms with Gasteiger partial charge in [-0.25, -0.2) is 57.4 Å². The number of aliphatic imine (C=N–C) groups is 3. The molecule has 0 saturated carbocycles. The molecule has 1 rings (SSSR count). The Bertz CT molecular complexity index is 1070. The summed E-state index contributed by atoms with van der Waals surface area (Å²) < 4.78 is 1.70. The smallest absolute Gasteiger partial charge is 0.318 e. The van der Waals surface area contributed by atoms with Crippen LogP contribution in [0.15, 0.2) is 29.4 Å². The van der Waals surface area contributed by atoms with Crippen LogP contribution in [0.4, 0.5) is 14.4 Å². The molecule has 1 aromatic rings. The van der Waals surface area contributed by atoms with Crippen LogP contribution in [-0.2, 0) is 20.0 Å². The van der Waals surface area contributed by atoms with E-state index in [9.17, 15) is 28.8 Å². The fourth-order valence-corrected chi connectivity index (χ4v) is 2.40. The number of aromatic nitrogens is 3. The highest BCUT2D eigenvalue weighted by atomic mass is 16.2. The van der Waals surface area contributed by atoms with Crippen LogP contribution in [0.5, 0.6) is 0 Å². The van der Waals surface area contributed by atoms with Gasteiger partial charge in [-0.2, -0.15) is 0 Å². The number of nitrogens with one attached hydrogen (secondary N) is 3. The van der Waals surface area contributed by atoms with E-state index in [1.807, 2.05) is 0 Å². The third-order valence-corrected chi connectivity index (χ3v) is 4.96. The average Bonchev–Trinajstić information content (AvgIpc) is 2.83. The molecule has 0 spiro atoms. The van der Waals surface area contributed by atoms with Crippen LogP contribution in [-0.4, -0.2) is 48.9 Å². The predicted octanol–water partition coefficient (Wildman–Crippen LogP) is 0.786. The normalized spacial score (nSPS) is 12.3. The topological polar surface area (TPSA) is 190 Å². The maximum Gasteiger partial charge on any atom is 0.342 e. The van der Waals surface area contributed by atoms with Crippen molar-refractivity contribution < 1.29 is 14.4 Å². The molecule has 0 radical (unpaired) electrons. The van der Waals surface area contributed by atoms with Gasteiger partial charge in [-0.05, 0) is 40.0 Å². The van der Waals surface area contributed by atoms with Gasteiger partial charge < -0.3 is 16.0 Å². The minimum atomic E-state index is -1.10. The lowest BCUT2D eigenvalue weighted by Crippen LogP contribution is -2.58. The first-order valence-corrected chi connectivity index (χ1v) is 11.3. The molecule has 0 fully saturated rings. The zero-order chi connectivity index (χ0) is 27.4. The van der Waals surface area contributed by atoms with Gasteiger partial charge in [0.25, 0.3) is 0 Å². The standard InChI is InChI=1S/C21H33N9O6/c1-7-13(4)25-16(31)22-10-28-19(34)29(11-23-17(32)26-14(5)8-2)21(36)30(20(28)35)12-24-18(33)27-15(6)9-3/h7-12H2,1-6H3,(H,22,31)(H,23,32)(H,24,33). The fourth-order valence-electron chi connectivity index (χ4n) is 2.40. The van der Waals surface area contributed by atoms with Crippen LogP contribution in [0, 0.1) is 0 Å². The van der Waals surface area contributed by atoms with Gasteiger partial charge >= 0.3 is 35.2 Å². The number of carbonyl (C=O) groups is 3. The van der Waals surface area contributed by atoms with Crippen LogP contribution in [0.2, 0.25) is 0 Å². The number of urea groups is 3. The van der Waals surface area contributed by atoms with Crippen molar-refractivity contribution in [3.63, 3.8) is 0 Å². The van der Waals surface area contributed by atoms with E-state index in [0.717, 1.165) is 0 Å². The second-order valence-corrected chi connectivity index (χ2v) is 7.65. The number of hydrogen-bond acceptors (Lipinski definition) is 6. The number of carbonyl (C=O) groups excluding carboxylic acids is 3. The molecule has 1 heterocycles. The maximum atomic E-state index is 12.9. The lowest BCUT2D eigenvalue weighted by molar-refractivity contribution is 0.243. The van der Waals surface area contributed by atoms with Crippen molar-refractivity contribution in [1.82, 2.24) is 29.7 Å². The van der Waals surface area contributed by atoms with Crippen LogP contribution in [0.1, 0.15) is 60.8 Å². The first-order chi connectivity index (χ1) is 16.9. The van der Waals surface area contributed by atoms with E-state index in [1.165, 1.54) is 0 Å². The second kappa shape index (κ2) is 14.3. The van der Waals surface area contributed by atoms with E-state index in [1.54, 1.807) is 41.5 Å². The molecule has 6 amide bonds. The van der Waals surface area contributed by atoms with Gasteiger partial charge in [0.2, 0.25) is 0 Å². The Hall–Kier alpha value is -4.17. The Morgan fingerprint density at radius 3 is 0.972 bits per heavy atom. The van der Waals surface area contributed by atoms with E-state index in [0.29, 0.717) is 50.1 Å². The van der Waals surface area contributed by atoms with E-state index < -0.39 is 55.2 Å². The molecule has 0 aliphatic heterocycles. The predicted molar refractivity (Wildman–Crippen MR) is 135 cm³/mol. The summed E-state index contributed by atoms with van der Waals surface area (Å²) in [6.45, 7) is 8.46. The summed E-state index contributed by atoms with van der Waals surface area (Å²) in [5.41, 5.74) is -1.71. The summed E-state index contributed by atoms with van der Waals surface area (Å²) in [5, 5.41) is 6.92. The van der Waals surface area contributed by atoms with Crippen molar-refractivity contribution in [3.05, 3.63) is 31.5 Å². The quantitative estimate of drug-likeness (QED) is 0.414. The lowest BCUT2D eigenvalue weighted by atomic mass is 10.3. The van der Waals surface area contributed by atoms with Crippen LogP contribution in [0.3, 0.4) is 0 Å². The highest BCUT2D eigenvalue weighted by molar-refractivity contribution is 5.94. The van der Waals surface area contributed by atoms with Gasteiger partial charge in [0.05, 0.1) is 0 Å². The van der Waals surface area contributed by atoms with Gasteiger partial charge in [0.15, 0.2) is 0 Å². The van der Waals surface area contributed by atoms with E-state index >= 15 is 0 Å². The van der Waals surface area contributed by atoms with Crippen molar-refractivity contribution in [3.8, 4) is 0 Å². The summed E-state index contributed by atoms with van der Waals surface area (Å²) in [4.78, 5) is 86.0. The lowest BCUT2D eigenvalue weighted by Gasteiger charge is -2.14. The first-order valence-electron chi connectivity index (χ1n) is 11.3. The average molecular weight is 508 g/mol. The number of amides is 6. The zero-order valence-corrected chi connectivity index (χ0v) is 21.4. The van der Waals surface area contributed by atoms with Crippen LogP contribution >= 0.6 is 0 Å². The Morgan fingerprint density at radius 2 is 0.778 bits per heavy atom. The molecule has 0 atom stereocenters. The maximum absolute atomic E-state index is 12.9. The molecular weight excluding hydrogens is 474 g/mol. The zero-order valence-electron chi connectivity index (χ0n) is 21.4. The molecule has 0 aliphatic carbocycles. The summed E-state index contributed by atoms with van der Waals surface area (Å²) in [5.74, 6) is 0. The third kappa shape index (κ3) is 8.88. The molecule has 0 bridgehead atoms. The number of hydrogen-bond donors (Lipinski definition) is 3. The molecule has 198 valence electrons. The summed E-state index contributed by atoms with van der Waals surface area (Å²) in [6, 6.07) is -2.37. The Balaban J connectivity index is 3.41. The van der Waals surface area contributed by atoms with Gasteiger partial charge in [0.1, 0.15) is 20.0 Å². The van der Waals surface area contributed by atoms with E-state index in [2.05, 4.69) is 30.9 Å². The molecule has 3 N–H and O–H groups in total. The highest BCUT2D eigenvalue weighted by Crippen LogP contribution is 1.88. The van der Waals surface area contributed by atoms with Gasteiger partial charge in [-0.1, -0.05) is 20.8 Å². The van der Waals surface area contributed by atoms with E-state index in [-0.39, 0.29) is 0 Å². The Labute approximate surface area is 207 Å². The van der Waals surface area contributed by atoms with Crippen LogP contribution < -0.4 is 33.0 Å². The minimum absolute atomic E-state index is 0.518. The van der Waals surface area contributed by atoms with Crippen molar-refractivity contribution in [2.24, 2.45) is 15.0 Å². The Morgan fingerprint density at radius 1 is 0.556 bits per heavy atom. The molecule has 0 aliphatic rings. The number of rotatable bonds is 9. The number of nitrogens with zero attached hydrogens (tertiary/aromatic N) is 6. The molecule has 15 nitrogen and oxygen atoms in total. The van der Waals surface area contributed by atoms with Crippen molar-refractivity contribution >= 4 is 35.2 Å². The molecule has 0 aromatic carbocycles. The summed E-state index contributed by atoms with van der Waals surface area (Å²) >= 11 is 0. The van der Waals surface area contributed by atoms with Crippen molar-refractivity contribution in [2.45, 2.75) is 80.8 Å². The van der Waals surface area contributed by atoms with Gasteiger partial charge in [-0.3, -0.25) is 0 Å². The van der Waals surface area contributed by atoms with Gasteiger partial charge in [0, 0.05) is 17.1 Å². The van der Waals surface area contributed by atoms with Crippen LogP contribution in [0.25, 0.3) is 0 Å². The van der Waals surface area contributed by atoms with Crippen molar-refractivity contribution in [2.75, 3.05) is 0 Å². The Kier molecular flexibility index (Phi) is 11.8. The molecule has 36 heavy (non-hydrogen) atoms. The minimum Gasteiger partial charge on any atom is -0.318 e. The second-order valence-electron chi connectivity index (χ2n) is 7.65. The largest absolute Gasteiger partial charge is 0.342 e. The van der Waals surface area contributed by atoms with Crippen molar-refractivity contribution in [1.29, 1.82) is 0 Å². The molecule has 0 unspecified atom stereocenters.